The highest BCUT2D eigenvalue weighted by atomic mass is 16.5. The van der Waals surface area contributed by atoms with Crippen molar-refractivity contribution < 1.29 is 19.7 Å². The highest BCUT2D eigenvalue weighted by Crippen LogP contribution is 2.25. The molecule has 2 N–H and O–H groups in total. The van der Waals surface area contributed by atoms with Gasteiger partial charge in [-0.05, 0) is 36.6 Å². The minimum atomic E-state index is -0.411. The van der Waals surface area contributed by atoms with E-state index in [1.54, 1.807) is 6.07 Å². The van der Waals surface area contributed by atoms with Crippen molar-refractivity contribution in [2.24, 2.45) is 0 Å². The number of hydrogen-bond donors (Lipinski definition) is 2. The Morgan fingerprint density at radius 2 is 1.78 bits per heavy atom. The molecule has 0 aliphatic carbocycles. The summed E-state index contributed by atoms with van der Waals surface area (Å²) in [5.41, 5.74) is 0.615. The van der Waals surface area contributed by atoms with Gasteiger partial charge in [0.2, 0.25) is 0 Å². The van der Waals surface area contributed by atoms with Crippen molar-refractivity contribution in [2.75, 3.05) is 6.61 Å². The van der Waals surface area contributed by atoms with Crippen LogP contribution in [-0.2, 0) is 9.53 Å². The quantitative estimate of drug-likeness (QED) is 0.225. The van der Waals surface area contributed by atoms with Gasteiger partial charge in [0.15, 0.2) is 11.5 Å². The lowest BCUT2D eigenvalue weighted by Gasteiger charge is -2.02. The number of esters is 1. The number of rotatable bonds is 10. The molecule has 0 atom stereocenters. The van der Waals surface area contributed by atoms with Crippen molar-refractivity contribution in [3.8, 4) is 23.8 Å². The maximum Gasteiger partial charge on any atom is 0.330 e. The molecule has 124 valence electrons. The second-order valence-electron chi connectivity index (χ2n) is 5.32. The second-order valence-corrected chi connectivity index (χ2v) is 5.32. The Morgan fingerprint density at radius 3 is 2.48 bits per heavy atom. The molecule has 0 fully saturated rings. The SMILES string of the molecule is C#CCCCCCCCCOC(=O)/C=C/c1ccc(O)c(O)c1. The molecule has 0 saturated carbocycles. The normalized spacial score (nSPS) is 10.6. The molecular weight excluding hydrogens is 292 g/mol. The summed E-state index contributed by atoms with van der Waals surface area (Å²) in [5.74, 6) is 1.81. The molecule has 0 bridgehead atoms. The van der Waals surface area contributed by atoms with Gasteiger partial charge in [-0.25, -0.2) is 4.79 Å². The van der Waals surface area contributed by atoms with Crippen LogP contribution < -0.4 is 0 Å². The zero-order valence-corrected chi connectivity index (χ0v) is 13.3. The molecule has 1 rings (SSSR count). The average molecular weight is 316 g/mol. The molecule has 0 aliphatic rings. The van der Waals surface area contributed by atoms with E-state index >= 15 is 0 Å². The van der Waals surface area contributed by atoms with Gasteiger partial charge < -0.3 is 14.9 Å². The van der Waals surface area contributed by atoms with E-state index in [-0.39, 0.29) is 11.5 Å². The summed E-state index contributed by atoms with van der Waals surface area (Å²) in [6, 6.07) is 4.34. The minimum Gasteiger partial charge on any atom is -0.504 e. The second kappa shape index (κ2) is 11.2. The fourth-order valence-corrected chi connectivity index (χ4v) is 2.07. The van der Waals surface area contributed by atoms with E-state index in [1.807, 2.05) is 0 Å². The third-order valence-corrected chi connectivity index (χ3v) is 3.37. The van der Waals surface area contributed by atoms with Gasteiger partial charge in [-0.2, -0.15) is 0 Å². The Hall–Kier alpha value is -2.41. The highest BCUT2D eigenvalue weighted by molar-refractivity contribution is 5.87. The number of phenols is 2. The Balaban J connectivity index is 2.11. The first kappa shape index (κ1) is 18.6. The van der Waals surface area contributed by atoms with Crippen molar-refractivity contribution in [1.82, 2.24) is 0 Å². The molecule has 1 aromatic carbocycles. The number of ether oxygens (including phenoxy) is 1. The summed E-state index contributed by atoms with van der Waals surface area (Å²) in [6.45, 7) is 0.411. The van der Waals surface area contributed by atoms with Crippen LogP contribution in [-0.4, -0.2) is 22.8 Å². The van der Waals surface area contributed by atoms with E-state index in [4.69, 9.17) is 11.2 Å². The van der Waals surface area contributed by atoms with Crippen LogP contribution >= 0.6 is 0 Å². The number of phenolic OH excluding ortho intramolecular Hbond substituents is 2. The number of aromatic hydroxyl groups is 2. The Bertz CT molecular complexity index is 555. The average Bonchev–Trinajstić information content (AvgIpc) is 2.54. The summed E-state index contributed by atoms with van der Waals surface area (Å²) in [6.07, 6.45) is 15.3. The maximum absolute atomic E-state index is 11.5. The lowest BCUT2D eigenvalue weighted by molar-refractivity contribution is -0.137. The molecule has 0 unspecified atom stereocenters. The van der Waals surface area contributed by atoms with Crippen LogP contribution in [0.1, 0.15) is 50.5 Å². The van der Waals surface area contributed by atoms with E-state index in [9.17, 15) is 15.0 Å². The number of hydrogen-bond acceptors (Lipinski definition) is 4. The lowest BCUT2D eigenvalue weighted by Crippen LogP contribution is -2.02. The van der Waals surface area contributed by atoms with Gasteiger partial charge in [-0.15, -0.1) is 12.3 Å². The zero-order valence-electron chi connectivity index (χ0n) is 13.3. The highest BCUT2D eigenvalue weighted by Gasteiger charge is 2.00. The van der Waals surface area contributed by atoms with Crippen molar-refractivity contribution in [2.45, 2.75) is 44.9 Å². The molecule has 0 spiro atoms. The van der Waals surface area contributed by atoms with Crippen molar-refractivity contribution in [3.63, 3.8) is 0 Å². The predicted molar refractivity (Wildman–Crippen MR) is 90.9 cm³/mol. The van der Waals surface area contributed by atoms with Crippen LogP contribution in [0.4, 0.5) is 0 Å². The summed E-state index contributed by atoms with van der Waals surface area (Å²) in [4.78, 5) is 11.5. The van der Waals surface area contributed by atoms with Crippen LogP contribution in [0.3, 0.4) is 0 Å². The van der Waals surface area contributed by atoms with Crippen molar-refractivity contribution >= 4 is 12.0 Å². The number of terminal acetylenes is 1. The molecule has 0 aliphatic heterocycles. The monoisotopic (exact) mass is 316 g/mol. The molecule has 1 aromatic rings. The van der Waals surface area contributed by atoms with E-state index in [1.165, 1.54) is 30.7 Å². The van der Waals surface area contributed by atoms with E-state index in [0.29, 0.717) is 12.2 Å². The number of carbonyl (C=O) groups excluding carboxylic acids is 1. The summed E-state index contributed by atoms with van der Waals surface area (Å²) < 4.78 is 5.10. The smallest absolute Gasteiger partial charge is 0.330 e. The van der Waals surface area contributed by atoms with Gasteiger partial charge in [0, 0.05) is 12.5 Å². The Kier molecular flexibility index (Phi) is 9.07. The topological polar surface area (TPSA) is 66.8 Å². The molecule has 0 radical (unpaired) electrons. The molecule has 23 heavy (non-hydrogen) atoms. The van der Waals surface area contributed by atoms with Crippen LogP contribution in [0.2, 0.25) is 0 Å². The first-order chi connectivity index (χ1) is 11.1. The van der Waals surface area contributed by atoms with Gasteiger partial charge in [0.05, 0.1) is 6.61 Å². The van der Waals surface area contributed by atoms with E-state index in [2.05, 4.69) is 5.92 Å². The van der Waals surface area contributed by atoms with E-state index < -0.39 is 5.97 Å². The maximum atomic E-state index is 11.5. The summed E-state index contributed by atoms with van der Waals surface area (Å²) in [5, 5.41) is 18.5. The molecule has 4 nitrogen and oxygen atoms in total. The Labute approximate surface area is 137 Å². The number of carbonyl (C=O) groups is 1. The minimum absolute atomic E-state index is 0.191. The number of benzene rings is 1. The summed E-state index contributed by atoms with van der Waals surface area (Å²) in [7, 11) is 0. The molecule has 4 heteroatoms. The molecule has 0 aromatic heterocycles. The predicted octanol–water partition coefficient (Wildman–Crippen LogP) is 4.02. The first-order valence-corrected chi connectivity index (χ1v) is 7.94. The molecule has 0 saturated heterocycles. The van der Waals surface area contributed by atoms with Crippen molar-refractivity contribution in [1.29, 1.82) is 0 Å². The van der Waals surface area contributed by atoms with Crippen LogP contribution in [0.15, 0.2) is 24.3 Å². The van der Waals surface area contributed by atoms with Gasteiger partial charge in [0.1, 0.15) is 0 Å². The van der Waals surface area contributed by atoms with Crippen LogP contribution in [0.25, 0.3) is 6.08 Å². The largest absolute Gasteiger partial charge is 0.504 e. The standard InChI is InChI=1S/C19H24O4/c1-2-3-4-5-6-7-8-9-14-23-19(22)13-11-16-10-12-17(20)18(21)15-16/h1,10-13,15,20-21H,3-9,14H2/b13-11+. The molecule has 0 amide bonds. The third-order valence-electron chi connectivity index (χ3n) is 3.37. The van der Waals surface area contributed by atoms with Gasteiger partial charge in [0.25, 0.3) is 0 Å². The zero-order chi connectivity index (χ0) is 16.9. The fourth-order valence-electron chi connectivity index (χ4n) is 2.07. The molecule has 0 heterocycles. The van der Waals surface area contributed by atoms with Crippen LogP contribution in [0.5, 0.6) is 11.5 Å². The summed E-state index contributed by atoms with van der Waals surface area (Å²) >= 11 is 0. The fraction of sp³-hybridized carbons (Fsp3) is 0.421. The number of unbranched alkanes of at least 4 members (excludes halogenated alkanes) is 6. The van der Waals surface area contributed by atoms with E-state index in [0.717, 1.165) is 38.5 Å². The van der Waals surface area contributed by atoms with Gasteiger partial charge in [-0.3, -0.25) is 0 Å². The Morgan fingerprint density at radius 1 is 1.09 bits per heavy atom. The third kappa shape index (κ3) is 8.57. The van der Waals surface area contributed by atoms with Crippen molar-refractivity contribution in [3.05, 3.63) is 29.8 Å². The first-order valence-electron chi connectivity index (χ1n) is 7.94. The van der Waals surface area contributed by atoms with Gasteiger partial charge >= 0.3 is 5.97 Å². The molecular formula is C19H24O4. The van der Waals surface area contributed by atoms with Crippen LogP contribution in [0, 0.1) is 12.3 Å². The van der Waals surface area contributed by atoms with Gasteiger partial charge in [-0.1, -0.05) is 31.7 Å². The lowest BCUT2D eigenvalue weighted by atomic mass is 10.1.